The van der Waals surface area contributed by atoms with Gasteiger partial charge < -0.3 is 10.8 Å². The van der Waals surface area contributed by atoms with Gasteiger partial charge in [-0.3, -0.25) is 4.90 Å². The maximum atomic E-state index is 13.5. The number of allylic oxidation sites excluding steroid dienone is 2. The molecule has 1 aliphatic carbocycles. The highest BCUT2D eigenvalue weighted by molar-refractivity contribution is 5.59. The molecule has 1 aromatic carbocycles. The van der Waals surface area contributed by atoms with Crippen LogP contribution in [-0.2, 0) is 0 Å². The Hall–Kier alpha value is -3.18. The number of hydrogen-bond donors (Lipinski definition) is 2. The van der Waals surface area contributed by atoms with E-state index < -0.39 is 17.2 Å². The molecule has 2 unspecified atom stereocenters. The molecule has 0 bridgehead atoms. The fourth-order valence-corrected chi connectivity index (χ4v) is 4.17. The Morgan fingerprint density at radius 1 is 1.23 bits per heavy atom. The van der Waals surface area contributed by atoms with Crippen LogP contribution in [0.1, 0.15) is 32.3 Å². The molecule has 156 valence electrons. The van der Waals surface area contributed by atoms with Gasteiger partial charge in [0, 0.05) is 37.6 Å². The number of aliphatic hydroxyl groups is 1. The normalized spacial score (nSPS) is 22.6. The van der Waals surface area contributed by atoms with Crippen LogP contribution in [0.5, 0.6) is 0 Å². The lowest BCUT2D eigenvalue weighted by molar-refractivity contribution is 0.174. The van der Waals surface area contributed by atoms with Gasteiger partial charge in [-0.1, -0.05) is 18.2 Å². The van der Waals surface area contributed by atoms with E-state index in [9.17, 15) is 20.2 Å². The molecule has 0 saturated carbocycles. The summed E-state index contributed by atoms with van der Waals surface area (Å²) in [6, 6.07) is 12.4. The number of aliphatic hydroxyl groups excluding tert-OH is 1. The van der Waals surface area contributed by atoms with E-state index in [0.29, 0.717) is 18.7 Å². The number of nitrogens with zero attached hydrogens (tertiary/aromatic N) is 4. The number of hydrogen-bond acceptors (Lipinski definition) is 6. The molecule has 0 amide bonds. The lowest BCUT2D eigenvalue weighted by Gasteiger charge is -2.46. The fraction of sp³-hybridized carbons (Fsp3) is 0.435. The minimum Gasteiger partial charge on any atom is -0.399 e. The van der Waals surface area contributed by atoms with Crippen molar-refractivity contribution in [3.05, 3.63) is 58.6 Å². The van der Waals surface area contributed by atoms with Gasteiger partial charge in [0.15, 0.2) is 5.41 Å². The van der Waals surface area contributed by atoms with Gasteiger partial charge >= 0.3 is 0 Å². The SMILES string of the molecule is CC(C)N1CC=C2C(C#N)=C(N)C(C#N)(C#N)C(c3ccc(F)cc3)C2C1.CCO. The minimum atomic E-state index is -1.68. The molecule has 1 heterocycles. The van der Waals surface area contributed by atoms with Crippen LogP contribution in [0.3, 0.4) is 0 Å². The van der Waals surface area contributed by atoms with Crippen LogP contribution in [-0.4, -0.2) is 35.7 Å². The third-order valence-electron chi connectivity index (χ3n) is 5.65. The average molecular weight is 407 g/mol. The summed E-state index contributed by atoms with van der Waals surface area (Å²) >= 11 is 0. The second-order valence-electron chi connectivity index (χ2n) is 7.59. The van der Waals surface area contributed by atoms with Gasteiger partial charge in [-0.2, -0.15) is 15.8 Å². The van der Waals surface area contributed by atoms with E-state index in [1.807, 2.05) is 6.08 Å². The zero-order valence-corrected chi connectivity index (χ0v) is 17.4. The van der Waals surface area contributed by atoms with E-state index in [4.69, 9.17) is 10.8 Å². The van der Waals surface area contributed by atoms with Crippen molar-refractivity contribution >= 4 is 0 Å². The van der Waals surface area contributed by atoms with E-state index in [1.165, 1.54) is 12.1 Å². The number of rotatable bonds is 2. The van der Waals surface area contributed by atoms with E-state index >= 15 is 0 Å². The number of halogens is 1. The quantitative estimate of drug-likeness (QED) is 0.777. The fourth-order valence-electron chi connectivity index (χ4n) is 4.17. The van der Waals surface area contributed by atoms with Gasteiger partial charge in [0.1, 0.15) is 11.9 Å². The van der Waals surface area contributed by atoms with Gasteiger partial charge in [0.05, 0.1) is 23.4 Å². The lowest BCUT2D eigenvalue weighted by Crippen LogP contribution is -2.49. The Bertz CT molecular complexity index is 945. The van der Waals surface area contributed by atoms with Crippen molar-refractivity contribution < 1.29 is 9.50 Å². The van der Waals surface area contributed by atoms with Crippen LogP contribution in [0.15, 0.2) is 47.2 Å². The summed E-state index contributed by atoms with van der Waals surface area (Å²) in [6.45, 7) is 7.34. The first-order valence-electron chi connectivity index (χ1n) is 9.84. The summed E-state index contributed by atoms with van der Waals surface area (Å²) in [4.78, 5) is 2.22. The highest BCUT2D eigenvalue weighted by Gasteiger charge is 2.54. The molecule has 0 fully saturated rings. The van der Waals surface area contributed by atoms with E-state index in [-0.39, 0.29) is 29.8 Å². The zero-order valence-electron chi connectivity index (χ0n) is 17.4. The minimum absolute atomic E-state index is 0.00942. The monoisotopic (exact) mass is 407 g/mol. The number of nitrogens with two attached hydrogens (primary N) is 1. The second kappa shape index (κ2) is 9.55. The van der Waals surface area contributed by atoms with Crippen molar-refractivity contribution in [1.82, 2.24) is 4.90 Å². The summed E-state index contributed by atoms with van der Waals surface area (Å²) in [5, 5.41) is 37.2. The Morgan fingerprint density at radius 2 is 1.80 bits per heavy atom. The van der Waals surface area contributed by atoms with Crippen LogP contribution < -0.4 is 5.73 Å². The lowest BCUT2D eigenvalue weighted by atomic mass is 9.58. The van der Waals surface area contributed by atoms with Crippen molar-refractivity contribution in [1.29, 1.82) is 15.8 Å². The first kappa shape index (κ1) is 23.1. The van der Waals surface area contributed by atoms with Gasteiger partial charge in [0.2, 0.25) is 0 Å². The van der Waals surface area contributed by atoms with Crippen LogP contribution >= 0.6 is 0 Å². The Morgan fingerprint density at radius 3 is 2.27 bits per heavy atom. The molecule has 0 radical (unpaired) electrons. The number of fused-ring (bicyclic) bond motifs is 1. The summed E-state index contributed by atoms with van der Waals surface area (Å²) in [7, 11) is 0. The summed E-state index contributed by atoms with van der Waals surface area (Å²) < 4.78 is 13.5. The Labute approximate surface area is 176 Å². The maximum Gasteiger partial charge on any atom is 0.191 e. The molecule has 7 heteroatoms. The molecule has 3 rings (SSSR count). The summed E-state index contributed by atoms with van der Waals surface area (Å²) in [5.41, 5.74) is 6.22. The summed E-state index contributed by atoms with van der Waals surface area (Å²) in [5.74, 6) is -1.23. The molecule has 0 saturated heterocycles. The van der Waals surface area contributed by atoms with Crippen molar-refractivity contribution in [3.8, 4) is 18.2 Å². The van der Waals surface area contributed by atoms with Crippen LogP contribution in [0, 0.1) is 51.1 Å². The first-order chi connectivity index (χ1) is 14.3. The molecule has 0 spiro atoms. The average Bonchev–Trinajstić information content (AvgIpc) is 2.74. The molecular weight excluding hydrogens is 381 g/mol. The molecule has 1 aliphatic heterocycles. The second-order valence-corrected chi connectivity index (χ2v) is 7.59. The smallest absolute Gasteiger partial charge is 0.191 e. The van der Waals surface area contributed by atoms with E-state index in [0.717, 1.165) is 5.57 Å². The highest BCUT2D eigenvalue weighted by atomic mass is 19.1. The Balaban J connectivity index is 0.00000101. The molecule has 6 nitrogen and oxygen atoms in total. The highest BCUT2D eigenvalue weighted by Crippen LogP contribution is 2.54. The van der Waals surface area contributed by atoms with Gasteiger partial charge in [-0.25, -0.2) is 4.39 Å². The number of nitriles is 3. The predicted octanol–water partition coefficient (Wildman–Crippen LogP) is 2.96. The largest absolute Gasteiger partial charge is 0.399 e. The number of benzene rings is 1. The third-order valence-corrected chi connectivity index (χ3v) is 5.65. The third kappa shape index (κ3) is 3.94. The van der Waals surface area contributed by atoms with E-state index in [1.54, 1.807) is 19.1 Å². The van der Waals surface area contributed by atoms with Crippen LogP contribution in [0.2, 0.25) is 0 Å². The molecule has 30 heavy (non-hydrogen) atoms. The van der Waals surface area contributed by atoms with Crippen molar-refractivity contribution in [2.75, 3.05) is 19.7 Å². The Kier molecular flexibility index (Phi) is 7.35. The molecule has 3 N–H and O–H groups in total. The van der Waals surface area contributed by atoms with Crippen molar-refractivity contribution in [3.63, 3.8) is 0 Å². The van der Waals surface area contributed by atoms with Crippen LogP contribution in [0.4, 0.5) is 4.39 Å². The van der Waals surface area contributed by atoms with Gasteiger partial charge in [-0.05, 0) is 44.0 Å². The molecule has 1 aromatic rings. The van der Waals surface area contributed by atoms with Crippen molar-refractivity contribution in [2.24, 2.45) is 17.1 Å². The van der Waals surface area contributed by atoms with Gasteiger partial charge in [0.25, 0.3) is 0 Å². The topological polar surface area (TPSA) is 121 Å². The molecule has 0 aromatic heterocycles. The maximum absolute atomic E-state index is 13.5. The molecule has 2 aliphatic rings. The van der Waals surface area contributed by atoms with Gasteiger partial charge in [-0.15, -0.1) is 0 Å². The van der Waals surface area contributed by atoms with E-state index in [2.05, 4.69) is 37.0 Å². The molecular formula is C23H26FN5O. The zero-order chi connectivity index (χ0) is 22.5. The summed E-state index contributed by atoms with van der Waals surface area (Å²) in [6.07, 6.45) is 1.97. The first-order valence-corrected chi connectivity index (χ1v) is 9.84. The molecule has 2 atom stereocenters. The van der Waals surface area contributed by atoms with Crippen LogP contribution in [0.25, 0.3) is 0 Å². The standard InChI is InChI=1S/C21H20FN5.C2H6O/c1-13(2)27-8-7-16-17(9-23)20(26)21(11-24,12-25)19(18(16)10-27)14-3-5-15(22)6-4-14;1-2-3/h3-7,13,18-19H,8,10,26H2,1-2H3;3H,2H2,1H3. The predicted molar refractivity (Wildman–Crippen MR) is 111 cm³/mol. The van der Waals surface area contributed by atoms with Crippen molar-refractivity contribution in [2.45, 2.75) is 32.7 Å².